The Labute approximate surface area is 366 Å². The molecular formula is C58H35N3OS. The van der Waals surface area contributed by atoms with Gasteiger partial charge in [0.15, 0.2) is 0 Å². The summed E-state index contributed by atoms with van der Waals surface area (Å²) in [5.41, 5.74) is 16.4. The second-order valence-electron chi connectivity index (χ2n) is 16.1. The van der Waals surface area contributed by atoms with Crippen LogP contribution in [-0.2, 0) is 0 Å². The zero-order valence-corrected chi connectivity index (χ0v) is 34.7. The van der Waals surface area contributed by atoms with Crippen LogP contribution in [0.5, 0.6) is 0 Å². The first-order valence-corrected chi connectivity index (χ1v) is 22.0. The van der Waals surface area contributed by atoms with E-state index in [1.807, 2.05) is 48.0 Å². The Balaban J connectivity index is 0.916. The van der Waals surface area contributed by atoms with Gasteiger partial charge in [0.2, 0.25) is 0 Å². The van der Waals surface area contributed by atoms with Crippen molar-refractivity contribution in [2.24, 2.45) is 0 Å². The van der Waals surface area contributed by atoms with Crippen molar-refractivity contribution in [3.05, 3.63) is 213 Å². The summed E-state index contributed by atoms with van der Waals surface area (Å²) in [5.74, 6) is 0. The van der Waals surface area contributed by atoms with Gasteiger partial charge in [-0.2, -0.15) is 0 Å². The monoisotopic (exact) mass is 821 g/mol. The van der Waals surface area contributed by atoms with Crippen molar-refractivity contribution in [1.29, 1.82) is 0 Å². The number of fused-ring (bicyclic) bond motifs is 9. The minimum absolute atomic E-state index is 0.868. The molecule has 0 atom stereocenters. The van der Waals surface area contributed by atoms with Gasteiger partial charge >= 0.3 is 0 Å². The van der Waals surface area contributed by atoms with Crippen molar-refractivity contribution in [3.63, 3.8) is 0 Å². The lowest BCUT2D eigenvalue weighted by molar-refractivity contribution is 0.669. The van der Waals surface area contributed by atoms with Crippen LogP contribution in [0.15, 0.2) is 217 Å². The molecule has 5 heteroatoms. The first-order valence-electron chi connectivity index (χ1n) is 21.2. The number of benzene rings is 8. The lowest BCUT2D eigenvalue weighted by Crippen LogP contribution is -1.93. The Kier molecular flexibility index (Phi) is 8.05. The summed E-state index contributed by atoms with van der Waals surface area (Å²) in [6.45, 7) is 0. The normalized spacial score (nSPS) is 11.8. The summed E-state index contributed by atoms with van der Waals surface area (Å²) >= 11 is 1.85. The third-order valence-corrected chi connectivity index (χ3v) is 13.7. The lowest BCUT2D eigenvalue weighted by Gasteiger charge is -2.10. The van der Waals surface area contributed by atoms with Crippen molar-refractivity contribution >= 4 is 75.3 Å². The molecule has 8 aromatic carbocycles. The Bertz CT molecular complexity index is 3920. The summed E-state index contributed by atoms with van der Waals surface area (Å²) in [6.07, 6.45) is 3.71. The van der Waals surface area contributed by atoms with Gasteiger partial charge in [0.05, 0.1) is 22.4 Å². The van der Waals surface area contributed by atoms with Crippen LogP contribution in [0.3, 0.4) is 0 Å². The van der Waals surface area contributed by atoms with Crippen LogP contribution in [0.1, 0.15) is 0 Å². The van der Waals surface area contributed by atoms with E-state index in [2.05, 4.69) is 190 Å². The Morgan fingerprint density at radius 3 is 1.51 bits per heavy atom. The predicted molar refractivity (Wildman–Crippen MR) is 264 cm³/mol. The Hall–Kier alpha value is -8.12. The zero-order chi connectivity index (χ0) is 41.4. The standard InChI is InChI=1S/C58H35N3OS/c1-3-13-43(51-16-7-9-29-59-51)41(11-1)38-20-25-55-47(33-38)48-35-40(23-26-56(48)62-55)61-53-18-6-5-15-45(53)46-31-36(19-24-54(46)61)37-21-27-57-49(32-37)50-34-39(22-28-58(50)63-57)42-12-2-4-14-44(42)52-17-8-10-30-60-52/h1-35H. The number of rotatable bonds is 6. The van der Waals surface area contributed by atoms with Crippen LogP contribution in [0.2, 0.25) is 0 Å². The molecule has 0 aliphatic heterocycles. The number of pyridine rings is 2. The molecule has 0 unspecified atom stereocenters. The van der Waals surface area contributed by atoms with Crippen molar-refractivity contribution in [3.8, 4) is 61.6 Å². The van der Waals surface area contributed by atoms with Gasteiger partial charge in [-0.1, -0.05) is 103 Å². The summed E-state index contributed by atoms with van der Waals surface area (Å²) < 4.78 is 11.4. The highest BCUT2D eigenvalue weighted by atomic mass is 32.1. The minimum Gasteiger partial charge on any atom is -0.456 e. The van der Waals surface area contributed by atoms with E-state index in [0.717, 1.165) is 66.8 Å². The fraction of sp³-hybridized carbons (Fsp3) is 0. The average molecular weight is 822 g/mol. The molecule has 0 amide bonds. The van der Waals surface area contributed by atoms with E-state index >= 15 is 0 Å². The van der Waals surface area contributed by atoms with Crippen LogP contribution < -0.4 is 0 Å². The molecule has 0 fully saturated rings. The maximum absolute atomic E-state index is 6.45. The van der Waals surface area contributed by atoms with Crippen LogP contribution in [0.4, 0.5) is 0 Å². The van der Waals surface area contributed by atoms with Crippen molar-refractivity contribution in [1.82, 2.24) is 14.5 Å². The number of hydrogen-bond acceptors (Lipinski definition) is 4. The summed E-state index contributed by atoms with van der Waals surface area (Å²) in [6, 6.07) is 71.8. The molecule has 0 spiro atoms. The molecule has 63 heavy (non-hydrogen) atoms. The molecule has 0 N–H and O–H groups in total. The molecule has 13 rings (SSSR count). The van der Waals surface area contributed by atoms with E-state index in [1.54, 1.807) is 0 Å². The van der Waals surface area contributed by atoms with Gasteiger partial charge in [-0.15, -0.1) is 11.3 Å². The van der Waals surface area contributed by atoms with Gasteiger partial charge in [0.1, 0.15) is 11.2 Å². The smallest absolute Gasteiger partial charge is 0.135 e. The molecule has 0 radical (unpaired) electrons. The van der Waals surface area contributed by atoms with E-state index < -0.39 is 0 Å². The van der Waals surface area contributed by atoms with Crippen molar-refractivity contribution < 1.29 is 4.42 Å². The quantitative estimate of drug-likeness (QED) is 0.168. The number of thiophene rings is 1. The highest BCUT2D eigenvalue weighted by Crippen LogP contribution is 2.43. The topological polar surface area (TPSA) is 43.9 Å². The Morgan fingerprint density at radius 1 is 0.349 bits per heavy atom. The van der Waals surface area contributed by atoms with Crippen LogP contribution >= 0.6 is 11.3 Å². The van der Waals surface area contributed by atoms with E-state index in [9.17, 15) is 0 Å². The molecule has 5 aromatic heterocycles. The van der Waals surface area contributed by atoms with Gasteiger partial charge in [0, 0.05) is 70.9 Å². The maximum Gasteiger partial charge on any atom is 0.135 e. The number of aromatic nitrogens is 3. The number of hydrogen-bond donors (Lipinski definition) is 0. The van der Waals surface area contributed by atoms with Crippen LogP contribution in [-0.4, -0.2) is 14.5 Å². The minimum atomic E-state index is 0.868. The SMILES string of the molecule is c1ccc(-c2ccccc2-c2ccc3oc4ccc(-n5c6ccccc6c6cc(-c7ccc8sc9ccc(-c%10ccccc%10-c%10ccccn%10)cc9c8c7)ccc65)cc4c3c2)nc1. The summed E-state index contributed by atoms with van der Waals surface area (Å²) in [5, 5.41) is 7.16. The maximum atomic E-state index is 6.45. The number of furan rings is 1. The van der Waals surface area contributed by atoms with E-state index in [-0.39, 0.29) is 0 Å². The average Bonchev–Trinajstić information content (AvgIpc) is 4.02. The number of para-hydroxylation sites is 1. The zero-order valence-electron chi connectivity index (χ0n) is 33.9. The van der Waals surface area contributed by atoms with Crippen LogP contribution in [0.25, 0.3) is 125 Å². The van der Waals surface area contributed by atoms with Crippen LogP contribution in [0, 0.1) is 0 Å². The third kappa shape index (κ3) is 5.82. The van der Waals surface area contributed by atoms with E-state index in [0.29, 0.717) is 0 Å². The van der Waals surface area contributed by atoms with Gasteiger partial charge in [-0.3, -0.25) is 9.97 Å². The Morgan fingerprint density at radius 2 is 0.841 bits per heavy atom. The molecule has 5 heterocycles. The first-order chi connectivity index (χ1) is 31.2. The highest BCUT2D eigenvalue weighted by molar-refractivity contribution is 7.25. The van der Waals surface area contributed by atoms with E-state index in [4.69, 9.17) is 4.42 Å². The largest absolute Gasteiger partial charge is 0.456 e. The molecule has 4 nitrogen and oxygen atoms in total. The van der Waals surface area contributed by atoms with Gasteiger partial charge in [-0.25, -0.2) is 0 Å². The molecule has 0 bridgehead atoms. The van der Waals surface area contributed by atoms with E-state index in [1.165, 1.54) is 58.7 Å². The van der Waals surface area contributed by atoms with Gasteiger partial charge < -0.3 is 8.98 Å². The predicted octanol–water partition coefficient (Wildman–Crippen LogP) is 16.2. The summed E-state index contributed by atoms with van der Waals surface area (Å²) in [4.78, 5) is 9.35. The molecule has 0 saturated carbocycles. The molecule has 13 aromatic rings. The molecule has 0 saturated heterocycles. The molecule has 0 aliphatic carbocycles. The molecule has 0 aliphatic rings. The second kappa shape index (κ2) is 14.2. The van der Waals surface area contributed by atoms with Crippen molar-refractivity contribution in [2.45, 2.75) is 0 Å². The number of nitrogens with zero attached hydrogens (tertiary/aromatic N) is 3. The van der Waals surface area contributed by atoms with Gasteiger partial charge in [-0.05, 0) is 130 Å². The highest BCUT2D eigenvalue weighted by Gasteiger charge is 2.18. The first kappa shape index (κ1) is 35.6. The fourth-order valence-electron chi connectivity index (χ4n) is 9.59. The summed E-state index contributed by atoms with van der Waals surface area (Å²) in [7, 11) is 0. The second-order valence-corrected chi connectivity index (χ2v) is 17.2. The van der Waals surface area contributed by atoms with Crippen molar-refractivity contribution in [2.75, 3.05) is 0 Å². The fourth-order valence-corrected chi connectivity index (χ4v) is 10.7. The molecule has 294 valence electrons. The molecular weight excluding hydrogens is 787 g/mol. The third-order valence-electron chi connectivity index (χ3n) is 12.5. The lowest BCUT2D eigenvalue weighted by atomic mass is 9.95. The van der Waals surface area contributed by atoms with Gasteiger partial charge in [0.25, 0.3) is 0 Å².